The summed E-state index contributed by atoms with van der Waals surface area (Å²) in [6.45, 7) is 5.58. The van der Waals surface area contributed by atoms with Crippen LogP contribution in [-0.4, -0.2) is 28.6 Å². The molecular weight excluding hydrogens is 338 g/mol. The molecule has 21 heavy (non-hydrogen) atoms. The van der Waals surface area contributed by atoms with Crippen molar-refractivity contribution in [2.75, 3.05) is 6.61 Å². The van der Waals surface area contributed by atoms with Crippen molar-refractivity contribution in [1.82, 2.24) is 4.98 Å². The fourth-order valence-electron chi connectivity index (χ4n) is 2.26. The van der Waals surface area contributed by atoms with E-state index in [2.05, 4.69) is 20.9 Å². The molecule has 1 N–H and O–H groups in total. The van der Waals surface area contributed by atoms with E-state index in [1.807, 2.05) is 13.8 Å². The van der Waals surface area contributed by atoms with Crippen molar-refractivity contribution in [3.63, 3.8) is 0 Å². The van der Waals surface area contributed by atoms with Gasteiger partial charge in [-0.05, 0) is 47.3 Å². The van der Waals surface area contributed by atoms with Gasteiger partial charge >= 0.3 is 11.9 Å². The molecule has 1 unspecified atom stereocenters. The summed E-state index contributed by atoms with van der Waals surface area (Å²) in [5.41, 5.74) is -1.04. The fraction of sp³-hybridized carbons (Fsp3) is 0.533. The zero-order valence-electron chi connectivity index (χ0n) is 12.4. The molecule has 0 saturated heterocycles. The van der Waals surface area contributed by atoms with E-state index < -0.39 is 17.4 Å². The SMILES string of the molecule is CCOC(=O)C(Cc1ccc(Br)cn1)(CC(C)C)C(=O)O. The van der Waals surface area contributed by atoms with Crippen molar-refractivity contribution >= 4 is 27.9 Å². The van der Waals surface area contributed by atoms with Gasteiger partial charge in [0, 0.05) is 22.8 Å². The Morgan fingerprint density at radius 3 is 2.52 bits per heavy atom. The van der Waals surface area contributed by atoms with E-state index in [1.54, 1.807) is 25.3 Å². The smallest absolute Gasteiger partial charge is 0.323 e. The minimum absolute atomic E-state index is 0.0205. The monoisotopic (exact) mass is 357 g/mol. The summed E-state index contributed by atoms with van der Waals surface area (Å²) in [5.74, 6) is -1.82. The van der Waals surface area contributed by atoms with Gasteiger partial charge in [0.05, 0.1) is 6.61 Å². The molecule has 0 spiro atoms. The molecule has 0 saturated carbocycles. The first-order valence-corrected chi connectivity index (χ1v) is 7.62. The Hall–Kier alpha value is -1.43. The van der Waals surface area contributed by atoms with Gasteiger partial charge in [0.2, 0.25) is 0 Å². The van der Waals surface area contributed by atoms with Crippen LogP contribution in [0, 0.1) is 11.3 Å². The van der Waals surface area contributed by atoms with Crippen molar-refractivity contribution < 1.29 is 19.4 Å². The topological polar surface area (TPSA) is 76.5 Å². The largest absolute Gasteiger partial charge is 0.480 e. The van der Waals surface area contributed by atoms with E-state index >= 15 is 0 Å². The van der Waals surface area contributed by atoms with Gasteiger partial charge in [-0.15, -0.1) is 0 Å². The zero-order chi connectivity index (χ0) is 16.0. The second-order valence-electron chi connectivity index (χ2n) is 5.35. The van der Waals surface area contributed by atoms with E-state index in [0.717, 1.165) is 4.47 Å². The minimum Gasteiger partial charge on any atom is -0.480 e. The maximum atomic E-state index is 12.3. The molecule has 0 aliphatic heterocycles. The summed E-state index contributed by atoms with van der Waals surface area (Å²) in [5, 5.41) is 9.65. The zero-order valence-corrected chi connectivity index (χ0v) is 14.0. The molecule has 1 atom stereocenters. The highest BCUT2D eigenvalue weighted by Gasteiger charge is 2.48. The predicted molar refractivity (Wildman–Crippen MR) is 81.8 cm³/mol. The highest BCUT2D eigenvalue weighted by atomic mass is 79.9. The number of ether oxygens (including phenoxy) is 1. The summed E-state index contributed by atoms with van der Waals surface area (Å²) >= 11 is 3.28. The molecule has 1 aromatic heterocycles. The summed E-state index contributed by atoms with van der Waals surface area (Å²) in [6, 6.07) is 3.48. The van der Waals surface area contributed by atoms with E-state index in [9.17, 15) is 14.7 Å². The Morgan fingerprint density at radius 1 is 1.43 bits per heavy atom. The van der Waals surface area contributed by atoms with Gasteiger partial charge in [0.15, 0.2) is 5.41 Å². The molecule has 0 aliphatic rings. The minimum atomic E-state index is -1.59. The van der Waals surface area contributed by atoms with Crippen molar-refractivity contribution in [3.8, 4) is 0 Å². The summed E-state index contributed by atoms with van der Waals surface area (Å²) in [7, 11) is 0. The average Bonchev–Trinajstić information content (AvgIpc) is 2.40. The number of carbonyl (C=O) groups is 2. The van der Waals surface area contributed by atoms with Crippen molar-refractivity contribution in [2.45, 2.75) is 33.6 Å². The second kappa shape index (κ2) is 7.54. The van der Waals surface area contributed by atoms with Crippen LogP contribution >= 0.6 is 15.9 Å². The Balaban J connectivity index is 3.17. The Labute approximate surface area is 132 Å². The highest BCUT2D eigenvalue weighted by Crippen LogP contribution is 2.33. The maximum Gasteiger partial charge on any atom is 0.323 e. The molecule has 1 heterocycles. The van der Waals surface area contributed by atoms with Crippen LogP contribution in [0.15, 0.2) is 22.8 Å². The Morgan fingerprint density at radius 2 is 2.10 bits per heavy atom. The van der Waals surface area contributed by atoms with Crippen molar-refractivity contribution in [3.05, 3.63) is 28.5 Å². The molecule has 0 radical (unpaired) electrons. The van der Waals surface area contributed by atoms with Gasteiger partial charge in [0.25, 0.3) is 0 Å². The number of hydrogen-bond donors (Lipinski definition) is 1. The number of halogens is 1. The van der Waals surface area contributed by atoms with Crippen molar-refractivity contribution in [2.24, 2.45) is 11.3 Å². The number of carbonyl (C=O) groups excluding carboxylic acids is 1. The first-order valence-electron chi connectivity index (χ1n) is 6.83. The molecule has 0 bridgehead atoms. The number of aliphatic carboxylic acids is 1. The van der Waals surface area contributed by atoms with Gasteiger partial charge in [0.1, 0.15) is 0 Å². The van der Waals surface area contributed by atoms with Crippen LogP contribution in [0.3, 0.4) is 0 Å². The fourth-order valence-corrected chi connectivity index (χ4v) is 2.50. The molecule has 1 aromatic rings. The molecule has 0 aromatic carbocycles. The Bertz CT molecular complexity index is 501. The second-order valence-corrected chi connectivity index (χ2v) is 6.27. The van der Waals surface area contributed by atoms with Crippen LogP contribution in [-0.2, 0) is 20.7 Å². The highest BCUT2D eigenvalue weighted by molar-refractivity contribution is 9.10. The summed E-state index contributed by atoms with van der Waals surface area (Å²) in [6.07, 6.45) is 1.81. The summed E-state index contributed by atoms with van der Waals surface area (Å²) < 4.78 is 5.81. The van der Waals surface area contributed by atoms with Crippen LogP contribution in [0.25, 0.3) is 0 Å². The van der Waals surface area contributed by atoms with Gasteiger partial charge in [-0.1, -0.05) is 13.8 Å². The Kier molecular flexibility index (Phi) is 6.33. The first kappa shape index (κ1) is 17.6. The van der Waals surface area contributed by atoms with Crippen LogP contribution in [0.2, 0.25) is 0 Å². The molecule has 6 heteroatoms. The van der Waals surface area contributed by atoms with Gasteiger partial charge in [-0.2, -0.15) is 0 Å². The number of carboxylic acids is 1. The third-order valence-corrected chi connectivity index (χ3v) is 3.57. The molecule has 116 valence electrons. The van der Waals surface area contributed by atoms with E-state index in [4.69, 9.17) is 4.74 Å². The van der Waals surface area contributed by atoms with Crippen LogP contribution in [0.1, 0.15) is 32.9 Å². The van der Waals surface area contributed by atoms with Crippen LogP contribution in [0.5, 0.6) is 0 Å². The number of esters is 1. The number of hydrogen-bond acceptors (Lipinski definition) is 4. The number of carboxylic acid groups (broad SMARTS) is 1. The van der Waals surface area contributed by atoms with Crippen LogP contribution in [0.4, 0.5) is 0 Å². The number of aromatic nitrogens is 1. The van der Waals surface area contributed by atoms with Crippen molar-refractivity contribution in [1.29, 1.82) is 0 Å². The first-order chi connectivity index (χ1) is 9.81. The summed E-state index contributed by atoms with van der Waals surface area (Å²) in [4.78, 5) is 28.3. The molecule has 5 nitrogen and oxygen atoms in total. The standard InChI is InChI=1S/C15H20BrNO4/c1-4-21-14(20)15(13(18)19,7-10(2)3)8-12-6-5-11(16)9-17-12/h5-6,9-10H,4,7-8H2,1-3H3,(H,18,19). The number of rotatable bonds is 7. The molecular formula is C15H20BrNO4. The van der Waals surface area contributed by atoms with Gasteiger partial charge in [-0.25, -0.2) is 0 Å². The molecule has 1 rings (SSSR count). The average molecular weight is 358 g/mol. The van der Waals surface area contributed by atoms with E-state index in [0.29, 0.717) is 5.69 Å². The van der Waals surface area contributed by atoms with E-state index in [1.165, 1.54) is 0 Å². The lowest BCUT2D eigenvalue weighted by atomic mass is 9.76. The third kappa shape index (κ3) is 4.52. The van der Waals surface area contributed by atoms with Crippen LogP contribution < -0.4 is 0 Å². The quantitative estimate of drug-likeness (QED) is 0.599. The normalized spacial score (nSPS) is 13.8. The number of nitrogens with zero attached hydrogens (tertiary/aromatic N) is 1. The molecule has 0 amide bonds. The maximum absolute atomic E-state index is 12.3. The third-order valence-electron chi connectivity index (χ3n) is 3.10. The lowest BCUT2D eigenvalue weighted by Crippen LogP contribution is -2.44. The lowest BCUT2D eigenvalue weighted by molar-refractivity contribution is -0.170. The molecule has 0 aliphatic carbocycles. The van der Waals surface area contributed by atoms with Gasteiger partial charge < -0.3 is 9.84 Å². The van der Waals surface area contributed by atoms with Gasteiger partial charge in [-0.3, -0.25) is 14.6 Å². The predicted octanol–water partition coefficient (Wildman–Crippen LogP) is 3.07. The molecule has 0 fully saturated rings. The van der Waals surface area contributed by atoms with E-state index in [-0.39, 0.29) is 25.4 Å². The lowest BCUT2D eigenvalue weighted by Gasteiger charge is -2.28. The number of pyridine rings is 1.